The maximum atomic E-state index is 12.4. The molecular formula is C17H24N4O3. The second kappa shape index (κ2) is 8.44. The highest BCUT2D eigenvalue weighted by molar-refractivity contribution is 6.00. The summed E-state index contributed by atoms with van der Waals surface area (Å²) >= 11 is 0. The van der Waals surface area contributed by atoms with Gasteiger partial charge in [-0.05, 0) is 30.9 Å². The monoisotopic (exact) mass is 332 g/mol. The first kappa shape index (κ1) is 17.9. The molecule has 1 heterocycles. The minimum Gasteiger partial charge on any atom is -0.343 e. The Morgan fingerprint density at radius 3 is 2.75 bits per heavy atom. The molecule has 4 N–H and O–H groups in total. The molecule has 0 aromatic heterocycles. The predicted octanol–water partition coefficient (Wildman–Crippen LogP) is 0.283. The second-order valence-electron chi connectivity index (χ2n) is 5.74. The number of anilines is 1. The van der Waals surface area contributed by atoms with Gasteiger partial charge in [0.25, 0.3) is 0 Å². The zero-order chi connectivity index (χ0) is 17.5. The van der Waals surface area contributed by atoms with Crippen LogP contribution in [-0.4, -0.2) is 37.0 Å². The van der Waals surface area contributed by atoms with Gasteiger partial charge in [0.2, 0.25) is 17.7 Å². The van der Waals surface area contributed by atoms with E-state index in [0.29, 0.717) is 12.8 Å². The number of hydrogen-bond donors (Lipinski definition) is 3. The molecule has 0 radical (unpaired) electrons. The molecule has 24 heavy (non-hydrogen) atoms. The number of amides is 3. The fraction of sp³-hybridized carbons (Fsp3) is 0.471. The molecule has 7 nitrogen and oxygen atoms in total. The van der Waals surface area contributed by atoms with Crippen LogP contribution in [0.1, 0.15) is 31.7 Å². The van der Waals surface area contributed by atoms with Gasteiger partial charge in [-0.1, -0.05) is 25.1 Å². The summed E-state index contributed by atoms with van der Waals surface area (Å²) in [6.07, 6.45) is 2.44. The maximum Gasteiger partial charge on any atom is 0.243 e. The number of nitrogens with zero attached hydrogens (tertiary/aromatic N) is 1. The van der Waals surface area contributed by atoms with E-state index in [9.17, 15) is 14.4 Å². The smallest absolute Gasteiger partial charge is 0.243 e. The molecule has 0 spiro atoms. The van der Waals surface area contributed by atoms with Crippen LogP contribution in [0.4, 0.5) is 5.69 Å². The highest BCUT2D eigenvalue weighted by Gasteiger charge is 2.25. The zero-order valence-corrected chi connectivity index (χ0v) is 13.9. The van der Waals surface area contributed by atoms with Crippen LogP contribution in [0.5, 0.6) is 0 Å². The Kier molecular flexibility index (Phi) is 6.31. The number of rotatable bonds is 6. The standard InChI is InChI=1S/C17H24N4O3/c1-2-13(17(24)19-11-18)20-15(22)10-21-14-8-4-3-6-12(14)7-5-9-16(21)23/h3-4,6,8,13H,2,5,7,9-11,18H2,1H3,(H,19,24)(H,20,22)/t13-/m1/s1. The lowest BCUT2D eigenvalue weighted by atomic mass is 10.1. The van der Waals surface area contributed by atoms with Gasteiger partial charge in [0.05, 0.1) is 6.67 Å². The average molecular weight is 332 g/mol. The number of hydrogen-bond acceptors (Lipinski definition) is 4. The molecule has 0 bridgehead atoms. The molecule has 0 aliphatic carbocycles. The Hall–Kier alpha value is -2.41. The summed E-state index contributed by atoms with van der Waals surface area (Å²) in [5, 5.41) is 5.15. The Labute approximate surface area is 141 Å². The third kappa shape index (κ3) is 4.32. The molecule has 1 aliphatic rings. The molecule has 0 saturated heterocycles. The van der Waals surface area contributed by atoms with Gasteiger partial charge < -0.3 is 21.3 Å². The van der Waals surface area contributed by atoms with E-state index in [1.165, 1.54) is 4.90 Å². The molecule has 1 aliphatic heterocycles. The van der Waals surface area contributed by atoms with Gasteiger partial charge in [-0.3, -0.25) is 14.4 Å². The number of carbonyl (C=O) groups excluding carboxylic acids is 3. The van der Waals surface area contributed by atoms with Crippen molar-refractivity contribution >= 4 is 23.4 Å². The van der Waals surface area contributed by atoms with Crippen molar-refractivity contribution in [3.8, 4) is 0 Å². The largest absolute Gasteiger partial charge is 0.343 e. The van der Waals surface area contributed by atoms with Gasteiger partial charge in [0.1, 0.15) is 12.6 Å². The van der Waals surface area contributed by atoms with Crippen molar-refractivity contribution < 1.29 is 14.4 Å². The number of aryl methyl sites for hydroxylation is 1. The van der Waals surface area contributed by atoms with Gasteiger partial charge in [-0.15, -0.1) is 0 Å². The van der Waals surface area contributed by atoms with E-state index >= 15 is 0 Å². The number of fused-ring (bicyclic) bond motifs is 1. The number of para-hydroxylation sites is 1. The van der Waals surface area contributed by atoms with Crippen LogP contribution in [-0.2, 0) is 20.8 Å². The van der Waals surface area contributed by atoms with Crippen molar-refractivity contribution in [1.82, 2.24) is 10.6 Å². The predicted molar refractivity (Wildman–Crippen MR) is 91.2 cm³/mol. The first-order valence-electron chi connectivity index (χ1n) is 8.22. The van der Waals surface area contributed by atoms with Crippen LogP contribution in [0, 0.1) is 0 Å². The van der Waals surface area contributed by atoms with E-state index in [0.717, 1.165) is 24.1 Å². The molecule has 3 amide bonds. The summed E-state index contributed by atoms with van der Waals surface area (Å²) in [6, 6.07) is 6.95. The highest BCUT2D eigenvalue weighted by Crippen LogP contribution is 2.26. The molecule has 0 unspecified atom stereocenters. The third-order valence-corrected chi connectivity index (χ3v) is 4.06. The first-order valence-corrected chi connectivity index (χ1v) is 8.22. The van der Waals surface area contributed by atoms with E-state index in [1.807, 2.05) is 24.3 Å². The minimum absolute atomic E-state index is 0.0171. The van der Waals surface area contributed by atoms with Crippen molar-refractivity contribution in [2.75, 3.05) is 18.1 Å². The summed E-state index contributed by atoms with van der Waals surface area (Å²) in [5.74, 6) is -0.760. The number of nitrogens with two attached hydrogens (primary N) is 1. The van der Waals surface area contributed by atoms with E-state index < -0.39 is 6.04 Å². The van der Waals surface area contributed by atoms with E-state index in [1.54, 1.807) is 6.92 Å². The lowest BCUT2D eigenvalue weighted by Crippen LogP contribution is -2.50. The van der Waals surface area contributed by atoms with Crippen LogP contribution in [0.25, 0.3) is 0 Å². The van der Waals surface area contributed by atoms with E-state index in [-0.39, 0.29) is 30.9 Å². The Bertz CT molecular complexity index is 618. The Morgan fingerprint density at radius 1 is 1.29 bits per heavy atom. The minimum atomic E-state index is -0.654. The van der Waals surface area contributed by atoms with Crippen LogP contribution < -0.4 is 21.3 Å². The molecule has 1 atom stereocenters. The molecule has 130 valence electrons. The van der Waals surface area contributed by atoms with Gasteiger partial charge in [-0.2, -0.15) is 0 Å². The first-order chi connectivity index (χ1) is 11.6. The van der Waals surface area contributed by atoms with E-state index in [4.69, 9.17) is 5.73 Å². The summed E-state index contributed by atoms with van der Waals surface area (Å²) in [4.78, 5) is 38.0. The van der Waals surface area contributed by atoms with Crippen molar-refractivity contribution in [3.05, 3.63) is 29.8 Å². The number of nitrogens with one attached hydrogen (secondary N) is 2. The molecule has 7 heteroatoms. The number of carbonyl (C=O) groups is 3. The summed E-state index contributed by atoms with van der Waals surface area (Å²) in [5.41, 5.74) is 7.13. The van der Waals surface area contributed by atoms with Crippen LogP contribution in [0.2, 0.25) is 0 Å². The Balaban J connectivity index is 2.09. The quantitative estimate of drug-likeness (QED) is 0.651. The van der Waals surface area contributed by atoms with Crippen molar-refractivity contribution in [2.24, 2.45) is 5.73 Å². The molecule has 2 rings (SSSR count). The van der Waals surface area contributed by atoms with E-state index in [2.05, 4.69) is 10.6 Å². The maximum absolute atomic E-state index is 12.4. The van der Waals surface area contributed by atoms with Crippen LogP contribution in [0.3, 0.4) is 0 Å². The molecular weight excluding hydrogens is 308 g/mol. The Morgan fingerprint density at radius 2 is 2.04 bits per heavy atom. The lowest BCUT2D eigenvalue weighted by molar-refractivity contribution is -0.129. The number of benzene rings is 1. The van der Waals surface area contributed by atoms with Crippen molar-refractivity contribution in [3.63, 3.8) is 0 Å². The van der Waals surface area contributed by atoms with Gasteiger partial charge in [0.15, 0.2) is 0 Å². The lowest BCUT2D eigenvalue weighted by Gasteiger charge is -2.24. The highest BCUT2D eigenvalue weighted by atomic mass is 16.2. The second-order valence-corrected chi connectivity index (χ2v) is 5.74. The van der Waals surface area contributed by atoms with Gasteiger partial charge in [-0.25, -0.2) is 0 Å². The van der Waals surface area contributed by atoms with Crippen LogP contribution >= 0.6 is 0 Å². The van der Waals surface area contributed by atoms with Gasteiger partial charge in [0, 0.05) is 12.1 Å². The fourth-order valence-corrected chi connectivity index (χ4v) is 2.82. The van der Waals surface area contributed by atoms with Crippen LogP contribution in [0.15, 0.2) is 24.3 Å². The topological polar surface area (TPSA) is 105 Å². The molecule has 0 fully saturated rings. The molecule has 1 aromatic carbocycles. The summed E-state index contributed by atoms with van der Waals surface area (Å²) in [6.45, 7) is 1.72. The average Bonchev–Trinajstić information content (AvgIpc) is 2.72. The van der Waals surface area contributed by atoms with Gasteiger partial charge >= 0.3 is 0 Å². The zero-order valence-electron chi connectivity index (χ0n) is 13.9. The van der Waals surface area contributed by atoms with Crippen molar-refractivity contribution in [1.29, 1.82) is 0 Å². The SMILES string of the molecule is CC[C@@H](NC(=O)CN1C(=O)CCCc2ccccc21)C(=O)NCN. The summed E-state index contributed by atoms with van der Waals surface area (Å²) < 4.78 is 0. The van der Waals surface area contributed by atoms with Crippen molar-refractivity contribution in [2.45, 2.75) is 38.6 Å². The third-order valence-electron chi connectivity index (χ3n) is 4.06. The molecule has 0 saturated carbocycles. The summed E-state index contributed by atoms with van der Waals surface area (Å²) in [7, 11) is 0. The fourth-order valence-electron chi connectivity index (χ4n) is 2.82. The molecule has 1 aromatic rings. The normalized spacial score (nSPS) is 15.2.